The van der Waals surface area contributed by atoms with E-state index in [1.54, 1.807) is 0 Å². The maximum atomic E-state index is 4.12. The first-order valence-electron chi connectivity index (χ1n) is 6.19. The molecule has 0 aromatic rings. The molecule has 0 spiro atoms. The molecule has 1 saturated heterocycles. The molecule has 1 unspecified atom stereocenters. The summed E-state index contributed by atoms with van der Waals surface area (Å²) in [6.45, 7) is 14.7. The number of likely N-dealkylation sites (N-methyl/N-ethyl adjacent to an activating group) is 1. The van der Waals surface area contributed by atoms with Gasteiger partial charge in [-0.25, -0.2) is 0 Å². The Hall–Kier alpha value is -0.340. The van der Waals surface area contributed by atoms with Gasteiger partial charge in [-0.3, -0.25) is 0 Å². The summed E-state index contributed by atoms with van der Waals surface area (Å²) >= 11 is 0. The second-order valence-corrected chi connectivity index (χ2v) is 4.94. The van der Waals surface area contributed by atoms with Crippen LogP contribution in [0.1, 0.15) is 26.7 Å². The molecule has 0 aromatic carbocycles. The van der Waals surface area contributed by atoms with Crippen LogP contribution in [0.3, 0.4) is 0 Å². The van der Waals surface area contributed by atoms with Gasteiger partial charge in [0.15, 0.2) is 0 Å². The van der Waals surface area contributed by atoms with E-state index in [0.29, 0.717) is 5.92 Å². The summed E-state index contributed by atoms with van der Waals surface area (Å²) in [7, 11) is 2.21. The zero-order valence-electron chi connectivity index (χ0n) is 10.6. The predicted octanol–water partition coefficient (Wildman–Crippen LogP) is 2.23. The second-order valence-electron chi connectivity index (χ2n) is 4.94. The first-order chi connectivity index (χ1) is 7.13. The van der Waals surface area contributed by atoms with Gasteiger partial charge in [-0.1, -0.05) is 25.5 Å². The van der Waals surface area contributed by atoms with Gasteiger partial charge < -0.3 is 9.80 Å². The lowest BCUT2D eigenvalue weighted by Crippen LogP contribution is -2.46. The minimum atomic E-state index is 0.707. The van der Waals surface area contributed by atoms with Gasteiger partial charge >= 0.3 is 0 Å². The van der Waals surface area contributed by atoms with E-state index in [2.05, 4.69) is 37.3 Å². The van der Waals surface area contributed by atoms with Crippen molar-refractivity contribution in [3.05, 3.63) is 12.2 Å². The van der Waals surface area contributed by atoms with Gasteiger partial charge in [0.25, 0.3) is 0 Å². The molecule has 2 heteroatoms. The summed E-state index contributed by atoms with van der Waals surface area (Å²) in [6.07, 6.45) is 2.56. The SMILES string of the molecule is C=C(C)C(CCC)CN1CCN(C)CC1. The lowest BCUT2D eigenvalue weighted by Gasteiger charge is -2.34. The zero-order valence-corrected chi connectivity index (χ0v) is 10.6. The Bertz CT molecular complexity index is 193. The summed E-state index contributed by atoms with van der Waals surface area (Å²) in [5.41, 5.74) is 1.36. The third kappa shape index (κ3) is 4.35. The van der Waals surface area contributed by atoms with Gasteiger partial charge in [0.1, 0.15) is 0 Å². The molecule has 2 nitrogen and oxygen atoms in total. The fourth-order valence-corrected chi connectivity index (χ4v) is 2.18. The van der Waals surface area contributed by atoms with E-state index in [1.807, 2.05) is 0 Å². The molecular formula is C13H26N2. The van der Waals surface area contributed by atoms with E-state index in [0.717, 1.165) is 0 Å². The van der Waals surface area contributed by atoms with Gasteiger partial charge in [0.05, 0.1) is 0 Å². The zero-order chi connectivity index (χ0) is 11.3. The molecule has 1 fully saturated rings. The molecule has 0 N–H and O–H groups in total. The van der Waals surface area contributed by atoms with Crippen molar-refractivity contribution >= 4 is 0 Å². The van der Waals surface area contributed by atoms with Crippen LogP contribution in [-0.2, 0) is 0 Å². The van der Waals surface area contributed by atoms with E-state index >= 15 is 0 Å². The highest BCUT2D eigenvalue weighted by atomic mass is 15.2. The van der Waals surface area contributed by atoms with Crippen LogP contribution in [0.15, 0.2) is 12.2 Å². The molecule has 0 saturated carbocycles. The van der Waals surface area contributed by atoms with Gasteiger partial charge in [-0.15, -0.1) is 0 Å². The van der Waals surface area contributed by atoms with Crippen LogP contribution < -0.4 is 0 Å². The topological polar surface area (TPSA) is 6.48 Å². The lowest BCUT2D eigenvalue weighted by molar-refractivity contribution is 0.140. The first-order valence-corrected chi connectivity index (χ1v) is 6.19. The van der Waals surface area contributed by atoms with Crippen molar-refractivity contribution in [1.82, 2.24) is 9.80 Å². The van der Waals surface area contributed by atoms with Crippen LogP contribution in [0.5, 0.6) is 0 Å². The molecule has 1 atom stereocenters. The minimum Gasteiger partial charge on any atom is -0.304 e. The van der Waals surface area contributed by atoms with Gasteiger partial charge in [-0.05, 0) is 26.3 Å². The molecule has 0 aliphatic carbocycles. The summed E-state index contributed by atoms with van der Waals surface area (Å²) in [6, 6.07) is 0. The summed E-state index contributed by atoms with van der Waals surface area (Å²) in [5.74, 6) is 0.707. The second kappa shape index (κ2) is 6.29. The van der Waals surface area contributed by atoms with Crippen molar-refractivity contribution in [2.75, 3.05) is 39.8 Å². The standard InChI is InChI=1S/C13H26N2/c1-5-6-13(12(2)3)11-15-9-7-14(4)8-10-15/h13H,2,5-11H2,1,3-4H3. The lowest BCUT2D eigenvalue weighted by atomic mass is 9.96. The maximum Gasteiger partial charge on any atom is 0.0110 e. The monoisotopic (exact) mass is 210 g/mol. The Kier molecular flexibility index (Phi) is 5.34. The van der Waals surface area contributed by atoms with E-state index in [9.17, 15) is 0 Å². The molecule has 88 valence electrons. The van der Waals surface area contributed by atoms with Gasteiger partial charge in [-0.2, -0.15) is 0 Å². The number of piperazine rings is 1. The highest BCUT2D eigenvalue weighted by Gasteiger charge is 2.18. The molecule has 1 heterocycles. The fraction of sp³-hybridized carbons (Fsp3) is 0.846. The van der Waals surface area contributed by atoms with E-state index < -0.39 is 0 Å². The smallest absolute Gasteiger partial charge is 0.0110 e. The predicted molar refractivity (Wildman–Crippen MR) is 67.1 cm³/mol. The third-order valence-electron chi connectivity index (χ3n) is 3.41. The molecule has 1 aliphatic rings. The van der Waals surface area contributed by atoms with Crippen LogP contribution in [0, 0.1) is 5.92 Å². The molecule has 0 aromatic heterocycles. The van der Waals surface area contributed by atoms with E-state index in [1.165, 1.54) is 51.1 Å². The van der Waals surface area contributed by atoms with Crippen molar-refractivity contribution in [1.29, 1.82) is 0 Å². The van der Waals surface area contributed by atoms with Crippen LogP contribution in [0.2, 0.25) is 0 Å². The maximum absolute atomic E-state index is 4.12. The van der Waals surface area contributed by atoms with E-state index in [-0.39, 0.29) is 0 Å². The average molecular weight is 210 g/mol. The summed E-state index contributed by atoms with van der Waals surface area (Å²) < 4.78 is 0. The minimum absolute atomic E-state index is 0.707. The van der Waals surface area contributed by atoms with Gasteiger partial charge in [0, 0.05) is 32.7 Å². The van der Waals surface area contributed by atoms with Crippen molar-refractivity contribution in [2.24, 2.45) is 5.92 Å². The third-order valence-corrected chi connectivity index (χ3v) is 3.41. The Morgan fingerprint density at radius 2 is 1.87 bits per heavy atom. The number of hydrogen-bond donors (Lipinski definition) is 0. The fourth-order valence-electron chi connectivity index (χ4n) is 2.18. The largest absolute Gasteiger partial charge is 0.304 e. The van der Waals surface area contributed by atoms with Crippen molar-refractivity contribution in [3.8, 4) is 0 Å². The molecule has 0 radical (unpaired) electrons. The Morgan fingerprint density at radius 3 is 2.33 bits per heavy atom. The average Bonchev–Trinajstić information content (AvgIpc) is 2.20. The van der Waals surface area contributed by atoms with Crippen molar-refractivity contribution in [2.45, 2.75) is 26.7 Å². The Labute approximate surface area is 94.9 Å². The molecule has 1 aliphatic heterocycles. The summed E-state index contributed by atoms with van der Waals surface area (Å²) in [4.78, 5) is 5.00. The molecule has 0 bridgehead atoms. The molecular weight excluding hydrogens is 184 g/mol. The van der Waals surface area contributed by atoms with Crippen LogP contribution in [-0.4, -0.2) is 49.6 Å². The normalized spacial score (nSPS) is 21.5. The molecule has 15 heavy (non-hydrogen) atoms. The quantitative estimate of drug-likeness (QED) is 0.642. The van der Waals surface area contributed by atoms with Crippen LogP contribution >= 0.6 is 0 Å². The number of hydrogen-bond acceptors (Lipinski definition) is 2. The highest BCUT2D eigenvalue weighted by molar-refractivity contribution is 4.97. The van der Waals surface area contributed by atoms with Crippen LogP contribution in [0.4, 0.5) is 0 Å². The van der Waals surface area contributed by atoms with Crippen molar-refractivity contribution < 1.29 is 0 Å². The van der Waals surface area contributed by atoms with Crippen LogP contribution in [0.25, 0.3) is 0 Å². The van der Waals surface area contributed by atoms with Gasteiger partial charge in [0.2, 0.25) is 0 Å². The van der Waals surface area contributed by atoms with E-state index in [4.69, 9.17) is 0 Å². The van der Waals surface area contributed by atoms with Crippen molar-refractivity contribution in [3.63, 3.8) is 0 Å². The Morgan fingerprint density at radius 1 is 1.27 bits per heavy atom. The molecule has 1 rings (SSSR count). The molecule has 0 amide bonds. The summed E-state index contributed by atoms with van der Waals surface area (Å²) in [5, 5.41) is 0. The first kappa shape index (κ1) is 12.7. The number of rotatable bonds is 5. The highest BCUT2D eigenvalue weighted by Crippen LogP contribution is 2.17. The Balaban J connectivity index is 2.34. The number of nitrogens with zero attached hydrogens (tertiary/aromatic N) is 2.